The highest BCUT2D eigenvalue weighted by Crippen LogP contribution is 2.49. The minimum absolute atomic E-state index is 0.606. The lowest BCUT2D eigenvalue weighted by Crippen LogP contribution is -2.34. The van der Waals surface area contributed by atoms with Gasteiger partial charge in [-0.3, -0.25) is 0 Å². The molecule has 4 saturated carbocycles. The van der Waals surface area contributed by atoms with Crippen molar-refractivity contribution in [3.63, 3.8) is 0 Å². The Labute approximate surface area is 438 Å². The van der Waals surface area contributed by atoms with Crippen molar-refractivity contribution in [1.82, 2.24) is 10.6 Å². The van der Waals surface area contributed by atoms with E-state index in [1.54, 1.807) is 0 Å². The molecule has 2 N–H and O–H groups in total. The van der Waals surface area contributed by atoms with Crippen LogP contribution in [0.2, 0.25) is 0 Å². The first-order valence-corrected chi connectivity index (χ1v) is 31.2. The van der Waals surface area contributed by atoms with Crippen molar-refractivity contribution >= 4 is 0 Å². The van der Waals surface area contributed by atoms with Gasteiger partial charge in [0.05, 0.1) is 0 Å². The van der Waals surface area contributed by atoms with Crippen LogP contribution in [0.3, 0.4) is 0 Å². The maximum Gasteiger partial charge on any atom is 0.00142 e. The number of piperidine rings is 1. The number of allylic oxidation sites excluding steroid dienone is 18. The van der Waals surface area contributed by atoms with E-state index in [1.165, 1.54) is 283 Å². The fourth-order valence-electron chi connectivity index (χ4n) is 16.1. The van der Waals surface area contributed by atoms with E-state index in [1.807, 2.05) is 0 Å². The summed E-state index contributed by atoms with van der Waals surface area (Å²) in [6, 6.07) is 0. The van der Waals surface area contributed by atoms with Gasteiger partial charge in [0.15, 0.2) is 0 Å². The number of nitrogens with one attached hydrogen (secondary N) is 2. The SMILES string of the molecule is C1=CCC2(C1)CC=CC2.C1=CCC2(C1)CCCCCC2.C1=CCC2(C1)CCNC2.C1=CCC2(C1)CCNCC2.C1=CCC2(C=C1)CCCC2.C1=CCC2(CC1)CCCCC2.C1=CCCC2(CC1)CCCC2. The topological polar surface area (TPSA) is 24.1 Å². The van der Waals surface area contributed by atoms with Crippen LogP contribution in [0.15, 0.2) is 109 Å². The van der Waals surface area contributed by atoms with Gasteiger partial charge < -0.3 is 10.6 Å². The van der Waals surface area contributed by atoms with E-state index in [0.717, 1.165) is 16.2 Å². The van der Waals surface area contributed by atoms with Crippen LogP contribution < -0.4 is 10.6 Å². The molecule has 0 bridgehead atoms. The third-order valence-corrected chi connectivity index (χ3v) is 21.3. The second-order valence-corrected chi connectivity index (χ2v) is 26.6. The van der Waals surface area contributed by atoms with E-state index in [2.05, 4.69) is 120 Å². The van der Waals surface area contributed by atoms with Crippen molar-refractivity contribution in [2.75, 3.05) is 26.2 Å². The van der Waals surface area contributed by atoms with Gasteiger partial charge in [-0.05, 0) is 244 Å². The lowest BCUT2D eigenvalue weighted by Gasteiger charge is -2.38. The van der Waals surface area contributed by atoms with Gasteiger partial charge in [0.25, 0.3) is 0 Å². The minimum Gasteiger partial charge on any atom is -0.317 e. The maximum atomic E-state index is 3.42. The van der Waals surface area contributed by atoms with Gasteiger partial charge in [-0.15, -0.1) is 0 Å². The van der Waals surface area contributed by atoms with Crippen molar-refractivity contribution in [3.05, 3.63) is 109 Å². The van der Waals surface area contributed by atoms with Crippen LogP contribution in [0.25, 0.3) is 0 Å². The van der Waals surface area contributed by atoms with Crippen LogP contribution in [0.1, 0.15) is 257 Å². The molecule has 2 aliphatic heterocycles. The summed E-state index contributed by atoms with van der Waals surface area (Å²) in [6.45, 7) is 4.96. The van der Waals surface area contributed by atoms with Crippen LogP contribution >= 0.6 is 0 Å². The molecule has 0 atom stereocenters. The van der Waals surface area contributed by atoms with E-state index >= 15 is 0 Å². The molecule has 0 amide bonds. The molecule has 0 unspecified atom stereocenters. The quantitative estimate of drug-likeness (QED) is 0.236. The third kappa shape index (κ3) is 16.8. The summed E-state index contributed by atoms with van der Waals surface area (Å²) in [7, 11) is 0. The second-order valence-electron chi connectivity index (χ2n) is 26.6. The van der Waals surface area contributed by atoms with Gasteiger partial charge in [-0.2, -0.15) is 0 Å². The first-order valence-electron chi connectivity index (χ1n) is 31.2. The molecule has 0 aromatic heterocycles. The Balaban J connectivity index is 0.000000111. The molecule has 7 spiro atoms. The predicted octanol–water partition coefficient (Wildman–Crippen LogP) is 19.8. The lowest BCUT2D eigenvalue weighted by atomic mass is 9.67. The summed E-state index contributed by atoms with van der Waals surface area (Å²) in [4.78, 5) is 0. The fraction of sp³-hybridized carbons (Fsp3) is 0.739. The number of hydrogen-bond acceptors (Lipinski definition) is 2. The molecule has 0 aromatic rings. The Hall–Kier alpha value is -2.42. The maximum absolute atomic E-state index is 3.42. The summed E-state index contributed by atoms with van der Waals surface area (Å²) in [5, 5.41) is 6.82. The van der Waals surface area contributed by atoms with Crippen LogP contribution in [0, 0.1) is 37.9 Å². The molecule has 14 rings (SSSR count). The second kappa shape index (κ2) is 27.9. The van der Waals surface area contributed by atoms with Crippen LogP contribution in [-0.4, -0.2) is 26.2 Å². The Morgan fingerprint density at radius 3 is 1.06 bits per heavy atom. The molecule has 2 heterocycles. The predicted molar refractivity (Wildman–Crippen MR) is 310 cm³/mol. The van der Waals surface area contributed by atoms with Gasteiger partial charge in [0.1, 0.15) is 0 Å². The van der Waals surface area contributed by atoms with Crippen molar-refractivity contribution in [3.8, 4) is 0 Å². The van der Waals surface area contributed by atoms with E-state index in [0.29, 0.717) is 21.7 Å². The molecule has 394 valence electrons. The molecule has 2 nitrogen and oxygen atoms in total. The molecule has 12 aliphatic carbocycles. The Morgan fingerprint density at radius 2 is 0.577 bits per heavy atom. The fourth-order valence-corrected chi connectivity index (χ4v) is 16.1. The van der Waals surface area contributed by atoms with E-state index in [4.69, 9.17) is 0 Å². The lowest BCUT2D eigenvalue weighted by molar-refractivity contribution is 0.170. The van der Waals surface area contributed by atoms with Gasteiger partial charge in [-0.1, -0.05) is 180 Å². The van der Waals surface area contributed by atoms with Gasteiger partial charge in [-0.25, -0.2) is 0 Å². The van der Waals surface area contributed by atoms with Crippen LogP contribution in [0.5, 0.6) is 0 Å². The Morgan fingerprint density at radius 1 is 0.225 bits per heavy atom. The molecular weight excluding hydrogens is 857 g/mol. The monoisotopic (exact) mass is 965 g/mol. The zero-order valence-electron chi connectivity index (χ0n) is 46.0. The number of hydrogen-bond donors (Lipinski definition) is 2. The molecule has 6 fully saturated rings. The van der Waals surface area contributed by atoms with Gasteiger partial charge in [0, 0.05) is 6.54 Å². The molecule has 0 radical (unpaired) electrons. The Bertz CT molecular complexity index is 1700. The van der Waals surface area contributed by atoms with Crippen molar-refractivity contribution in [1.29, 1.82) is 0 Å². The first kappa shape index (κ1) is 54.8. The largest absolute Gasteiger partial charge is 0.317 e. The summed E-state index contributed by atoms with van der Waals surface area (Å²) in [5.74, 6) is 0. The standard InChI is InChI=1S/3C11H18.C10H14.C9H15N.C9H12.C8H13N/c1-3-7-11(8-4-1)9-5-2-6-10-11;2*1-2-4-8-11(7-3-1)9-5-6-10-11;1-2-6-10(7-3-1)8-4-5-9-10;1-2-4-9(3-1)5-7-10-8-6-9;1-2-6-9(5-1)7-3-4-8-9;1-2-4-8(3-1)5-6-9-7-8/h1,3H,2,4-10H2;5-6H,1-4,7-10H2;1-2H,3-10H2;1-3,6H,4-5,7-9H2;1-2,10H,3-8H2;1-4H,5-8H2;1-2,9H,3-7H2. The molecule has 2 saturated heterocycles. The highest BCUT2D eigenvalue weighted by molar-refractivity contribution is 5.18. The van der Waals surface area contributed by atoms with E-state index in [-0.39, 0.29) is 0 Å². The summed E-state index contributed by atoms with van der Waals surface area (Å²) in [6.07, 6.45) is 99.0. The zero-order valence-corrected chi connectivity index (χ0v) is 46.0. The molecule has 71 heavy (non-hydrogen) atoms. The molecular formula is C69H108N2. The molecule has 2 heteroatoms. The van der Waals surface area contributed by atoms with E-state index < -0.39 is 0 Å². The van der Waals surface area contributed by atoms with Crippen LogP contribution in [0.4, 0.5) is 0 Å². The highest BCUT2D eigenvalue weighted by Gasteiger charge is 2.36. The average molecular weight is 966 g/mol. The summed E-state index contributed by atoms with van der Waals surface area (Å²) < 4.78 is 0. The normalized spacial score (nSPS) is 29.1. The highest BCUT2D eigenvalue weighted by atomic mass is 14.9. The summed E-state index contributed by atoms with van der Waals surface area (Å²) in [5.41, 5.74) is 4.95. The van der Waals surface area contributed by atoms with Crippen molar-refractivity contribution in [2.45, 2.75) is 257 Å². The first-order chi connectivity index (χ1) is 34.9. The van der Waals surface area contributed by atoms with Gasteiger partial charge >= 0.3 is 0 Å². The zero-order chi connectivity index (χ0) is 48.8. The minimum atomic E-state index is 0.606. The molecule has 14 aliphatic rings. The summed E-state index contributed by atoms with van der Waals surface area (Å²) >= 11 is 0. The molecule has 0 aromatic carbocycles. The van der Waals surface area contributed by atoms with Crippen molar-refractivity contribution < 1.29 is 0 Å². The van der Waals surface area contributed by atoms with E-state index in [9.17, 15) is 0 Å². The van der Waals surface area contributed by atoms with Crippen molar-refractivity contribution in [2.24, 2.45) is 37.9 Å². The van der Waals surface area contributed by atoms with Crippen LogP contribution in [-0.2, 0) is 0 Å². The number of rotatable bonds is 0. The third-order valence-electron chi connectivity index (χ3n) is 21.3. The van der Waals surface area contributed by atoms with Gasteiger partial charge in [0.2, 0.25) is 0 Å². The average Bonchev–Trinajstić information content (AvgIpc) is 4.29. The Kier molecular flexibility index (Phi) is 21.6. The smallest absolute Gasteiger partial charge is 0.00142 e.